The number of benzene rings is 2. The number of halogens is 1. The van der Waals surface area contributed by atoms with Crippen molar-refractivity contribution < 1.29 is 9.18 Å². The van der Waals surface area contributed by atoms with Crippen LogP contribution in [0.4, 0.5) is 30.8 Å². The van der Waals surface area contributed by atoms with Gasteiger partial charge in [0.25, 0.3) is 0 Å². The molecular formula is C17H16FN5OS. The van der Waals surface area contributed by atoms with Crippen molar-refractivity contribution in [2.45, 2.75) is 6.92 Å². The molecule has 2 aromatic carbocycles. The molecule has 0 saturated carbocycles. The third kappa shape index (κ3) is 4.30. The normalized spacial score (nSPS) is 10.3. The maximum atomic E-state index is 12.9. The first-order valence-corrected chi connectivity index (χ1v) is 8.47. The fraction of sp³-hybridized carbons (Fsp3) is 0.118. The topological polar surface area (TPSA) is 70.2 Å². The molecule has 2 N–H and O–H groups in total. The molecule has 0 aliphatic carbocycles. The monoisotopic (exact) mass is 357 g/mol. The molecule has 0 spiro atoms. The molecule has 0 aliphatic heterocycles. The van der Waals surface area contributed by atoms with E-state index in [0.717, 1.165) is 12.2 Å². The van der Waals surface area contributed by atoms with E-state index in [0.29, 0.717) is 16.0 Å². The molecule has 128 valence electrons. The fourth-order valence-electron chi connectivity index (χ4n) is 2.20. The molecule has 0 atom stereocenters. The zero-order valence-corrected chi connectivity index (χ0v) is 14.3. The first-order valence-electron chi connectivity index (χ1n) is 7.65. The summed E-state index contributed by atoms with van der Waals surface area (Å²) in [5.74, 6) is -0.361. The highest BCUT2D eigenvalue weighted by atomic mass is 32.1. The van der Waals surface area contributed by atoms with Gasteiger partial charge in [0.1, 0.15) is 5.82 Å². The number of nitrogens with zero attached hydrogens (tertiary/aromatic N) is 3. The number of carbonyl (C=O) groups excluding carboxylic acids is 1. The van der Waals surface area contributed by atoms with Gasteiger partial charge < -0.3 is 10.2 Å². The molecule has 1 aromatic heterocycles. The third-order valence-electron chi connectivity index (χ3n) is 3.35. The van der Waals surface area contributed by atoms with E-state index in [1.165, 1.54) is 35.6 Å². The van der Waals surface area contributed by atoms with E-state index in [1.54, 1.807) is 0 Å². The van der Waals surface area contributed by atoms with Crippen LogP contribution in [0, 0.1) is 5.82 Å². The van der Waals surface area contributed by atoms with Gasteiger partial charge in [-0.25, -0.2) is 9.18 Å². The average molecular weight is 357 g/mol. The van der Waals surface area contributed by atoms with Crippen LogP contribution >= 0.6 is 11.3 Å². The van der Waals surface area contributed by atoms with Gasteiger partial charge in [0, 0.05) is 17.9 Å². The SMILES string of the molecule is CCN(c1ccccc1)c1nnc(NC(=O)Nc2ccc(F)cc2)s1. The Hall–Kier alpha value is -3.00. The number of anilines is 4. The maximum Gasteiger partial charge on any atom is 0.325 e. The summed E-state index contributed by atoms with van der Waals surface area (Å²) >= 11 is 1.27. The minimum Gasteiger partial charge on any atom is -0.317 e. The van der Waals surface area contributed by atoms with E-state index in [1.807, 2.05) is 42.2 Å². The van der Waals surface area contributed by atoms with E-state index < -0.39 is 6.03 Å². The summed E-state index contributed by atoms with van der Waals surface area (Å²) in [6.45, 7) is 2.74. The van der Waals surface area contributed by atoms with Crippen LogP contribution in [0.5, 0.6) is 0 Å². The Labute approximate surface area is 148 Å². The average Bonchev–Trinajstić information content (AvgIpc) is 3.06. The highest BCUT2D eigenvalue weighted by Crippen LogP contribution is 2.30. The molecule has 0 fully saturated rings. The van der Waals surface area contributed by atoms with Crippen molar-refractivity contribution in [2.75, 3.05) is 22.1 Å². The van der Waals surface area contributed by atoms with Crippen LogP contribution in [-0.2, 0) is 0 Å². The predicted molar refractivity (Wildman–Crippen MR) is 98.1 cm³/mol. The van der Waals surface area contributed by atoms with Crippen molar-refractivity contribution in [3.8, 4) is 0 Å². The van der Waals surface area contributed by atoms with E-state index in [-0.39, 0.29) is 5.82 Å². The van der Waals surface area contributed by atoms with Crippen LogP contribution in [0.1, 0.15) is 6.92 Å². The van der Waals surface area contributed by atoms with Crippen molar-refractivity contribution in [1.29, 1.82) is 0 Å². The maximum absolute atomic E-state index is 12.9. The largest absolute Gasteiger partial charge is 0.325 e. The Bertz CT molecular complexity index is 838. The number of urea groups is 1. The van der Waals surface area contributed by atoms with Gasteiger partial charge in [-0.1, -0.05) is 29.5 Å². The molecule has 0 saturated heterocycles. The molecule has 0 bridgehead atoms. The summed E-state index contributed by atoms with van der Waals surface area (Å²) < 4.78 is 12.9. The summed E-state index contributed by atoms with van der Waals surface area (Å²) in [5, 5.41) is 14.4. The lowest BCUT2D eigenvalue weighted by atomic mass is 10.3. The molecule has 3 rings (SSSR count). The van der Waals surface area contributed by atoms with Crippen LogP contribution in [0.25, 0.3) is 0 Å². The molecule has 2 amide bonds. The predicted octanol–water partition coefficient (Wildman–Crippen LogP) is 4.48. The summed E-state index contributed by atoms with van der Waals surface area (Å²) in [6, 6.07) is 14.9. The zero-order chi connectivity index (χ0) is 17.6. The van der Waals surface area contributed by atoms with Crippen molar-refractivity contribution >= 4 is 39.0 Å². The lowest BCUT2D eigenvalue weighted by Crippen LogP contribution is -2.19. The molecule has 3 aromatic rings. The van der Waals surface area contributed by atoms with Gasteiger partial charge in [0.05, 0.1) is 0 Å². The van der Waals surface area contributed by atoms with E-state index in [9.17, 15) is 9.18 Å². The number of para-hydroxylation sites is 1. The molecule has 0 unspecified atom stereocenters. The second-order valence-corrected chi connectivity index (χ2v) is 6.01. The van der Waals surface area contributed by atoms with Gasteiger partial charge in [-0.2, -0.15) is 0 Å². The number of nitrogens with one attached hydrogen (secondary N) is 2. The summed E-state index contributed by atoms with van der Waals surface area (Å²) in [6.07, 6.45) is 0. The smallest absolute Gasteiger partial charge is 0.317 e. The minimum atomic E-state index is -0.461. The zero-order valence-electron chi connectivity index (χ0n) is 13.4. The molecule has 0 aliphatic rings. The van der Waals surface area contributed by atoms with Crippen LogP contribution in [0.15, 0.2) is 54.6 Å². The molecule has 25 heavy (non-hydrogen) atoms. The molecule has 0 radical (unpaired) electrons. The first kappa shape index (κ1) is 16.8. The Balaban J connectivity index is 1.66. The quantitative estimate of drug-likeness (QED) is 0.706. The van der Waals surface area contributed by atoms with E-state index in [4.69, 9.17) is 0 Å². The van der Waals surface area contributed by atoms with Crippen LogP contribution in [0.3, 0.4) is 0 Å². The van der Waals surface area contributed by atoms with Gasteiger partial charge in [0.15, 0.2) is 0 Å². The molecule has 6 nitrogen and oxygen atoms in total. The first-order chi connectivity index (χ1) is 12.2. The van der Waals surface area contributed by atoms with Crippen molar-refractivity contribution in [3.05, 3.63) is 60.4 Å². The number of hydrogen-bond acceptors (Lipinski definition) is 5. The Morgan fingerprint density at radius 1 is 1.08 bits per heavy atom. The Morgan fingerprint density at radius 2 is 1.80 bits per heavy atom. The van der Waals surface area contributed by atoms with Gasteiger partial charge in [-0.05, 0) is 43.3 Å². The van der Waals surface area contributed by atoms with Crippen LogP contribution < -0.4 is 15.5 Å². The highest BCUT2D eigenvalue weighted by molar-refractivity contribution is 7.19. The molecule has 1 heterocycles. The van der Waals surface area contributed by atoms with Crippen molar-refractivity contribution in [1.82, 2.24) is 10.2 Å². The van der Waals surface area contributed by atoms with Gasteiger partial charge in [-0.15, -0.1) is 10.2 Å². The standard InChI is InChI=1S/C17H16FN5OS/c1-2-23(14-6-4-3-5-7-14)17-22-21-16(25-17)20-15(24)19-13-10-8-12(18)9-11-13/h3-11H,2H2,1H3,(H2,19,20,21,24). The molecular weight excluding hydrogens is 341 g/mol. The number of amides is 2. The summed E-state index contributed by atoms with van der Waals surface area (Å²) in [7, 11) is 0. The summed E-state index contributed by atoms with van der Waals surface area (Å²) in [5.41, 5.74) is 1.49. The highest BCUT2D eigenvalue weighted by Gasteiger charge is 2.14. The molecule has 8 heteroatoms. The summed E-state index contributed by atoms with van der Waals surface area (Å²) in [4.78, 5) is 14.0. The second-order valence-electron chi connectivity index (χ2n) is 5.06. The van der Waals surface area contributed by atoms with Gasteiger partial charge in [0.2, 0.25) is 10.3 Å². The van der Waals surface area contributed by atoms with Gasteiger partial charge in [-0.3, -0.25) is 5.32 Å². The number of carbonyl (C=O) groups is 1. The second kappa shape index (κ2) is 7.71. The Kier molecular flexibility index (Phi) is 5.20. The van der Waals surface area contributed by atoms with E-state index >= 15 is 0 Å². The Morgan fingerprint density at radius 3 is 2.48 bits per heavy atom. The number of rotatable bonds is 5. The third-order valence-corrected chi connectivity index (χ3v) is 4.21. The lowest BCUT2D eigenvalue weighted by Gasteiger charge is -2.18. The van der Waals surface area contributed by atoms with Crippen LogP contribution in [0.2, 0.25) is 0 Å². The number of aromatic nitrogens is 2. The van der Waals surface area contributed by atoms with Crippen molar-refractivity contribution in [3.63, 3.8) is 0 Å². The van der Waals surface area contributed by atoms with Crippen LogP contribution in [-0.4, -0.2) is 22.8 Å². The minimum absolute atomic E-state index is 0.361. The number of hydrogen-bond donors (Lipinski definition) is 2. The van der Waals surface area contributed by atoms with Gasteiger partial charge >= 0.3 is 6.03 Å². The van der Waals surface area contributed by atoms with E-state index in [2.05, 4.69) is 20.8 Å². The fourth-order valence-corrected chi connectivity index (χ4v) is 3.03. The van der Waals surface area contributed by atoms with Crippen molar-refractivity contribution in [2.24, 2.45) is 0 Å². The lowest BCUT2D eigenvalue weighted by molar-refractivity contribution is 0.262.